The minimum absolute atomic E-state index is 0.125. The molecule has 0 fully saturated rings. The summed E-state index contributed by atoms with van der Waals surface area (Å²) in [6.07, 6.45) is 0.125. The summed E-state index contributed by atoms with van der Waals surface area (Å²) in [5.41, 5.74) is 0. The van der Waals surface area contributed by atoms with Gasteiger partial charge in [0.15, 0.2) is 0 Å². The van der Waals surface area contributed by atoms with Gasteiger partial charge in [-0.15, -0.1) is 0 Å². The van der Waals surface area contributed by atoms with Crippen molar-refractivity contribution in [1.29, 1.82) is 0 Å². The van der Waals surface area contributed by atoms with Gasteiger partial charge in [0.2, 0.25) is 0 Å². The van der Waals surface area contributed by atoms with Crippen molar-refractivity contribution in [3.05, 3.63) is 0 Å². The van der Waals surface area contributed by atoms with Crippen LogP contribution in [-0.4, -0.2) is 52.7 Å². The van der Waals surface area contributed by atoms with Crippen LogP contribution in [0.4, 0.5) is 0 Å². The lowest BCUT2D eigenvalue weighted by Gasteiger charge is -2.17. The van der Waals surface area contributed by atoms with Gasteiger partial charge in [0, 0.05) is 20.3 Å². The molecule has 0 aliphatic carbocycles. The average Bonchev–Trinajstić information content (AvgIpc) is 2.20. The molecule has 86 valence electrons. The Balaban J connectivity index is 3.40. The number of rotatable bonds is 10. The first-order chi connectivity index (χ1) is 6.85. The Bertz CT molecular complexity index is 112. The largest absolute Gasteiger partial charge is 0.382 e. The van der Waals surface area contributed by atoms with Gasteiger partial charge in [0.25, 0.3) is 0 Å². The number of hydrogen-bond donors (Lipinski definition) is 1. The topological polar surface area (TPSA) is 39.7 Å². The van der Waals surface area contributed by atoms with Crippen LogP contribution in [0, 0.1) is 0 Å². The normalized spacial score (nSPS) is 13.1. The molecule has 0 aromatic carbocycles. The van der Waals surface area contributed by atoms with Crippen LogP contribution in [0.3, 0.4) is 0 Å². The summed E-state index contributed by atoms with van der Waals surface area (Å²) in [6, 6.07) is 0. The van der Waals surface area contributed by atoms with Crippen molar-refractivity contribution in [2.24, 2.45) is 0 Å². The van der Waals surface area contributed by atoms with Crippen LogP contribution in [0.15, 0.2) is 0 Å². The summed E-state index contributed by atoms with van der Waals surface area (Å²) in [7, 11) is 1.69. The molecule has 0 saturated carbocycles. The van der Waals surface area contributed by atoms with Gasteiger partial charge in [0.05, 0.1) is 25.9 Å². The van der Waals surface area contributed by atoms with E-state index in [1.165, 1.54) is 0 Å². The fourth-order valence-electron chi connectivity index (χ4n) is 1.08. The van der Waals surface area contributed by atoms with Crippen LogP contribution in [0.5, 0.6) is 0 Å². The summed E-state index contributed by atoms with van der Waals surface area (Å²) < 4.78 is 15.8. The Morgan fingerprint density at radius 2 is 2.00 bits per heavy atom. The molecule has 0 rings (SSSR count). The molecule has 0 aliphatic rings. The fourth-order valence-corrected chi connectivity index (χ4v) is 1.08. The van der Waals surface area contributed by atoms with E-state index in [0.29, 0.717) is 19.8 Å². The van der Waals surface area contributed by atoms with E-state index in [2.05, 4.69) is 12.2 Å². The van der Waals surface area contributed by atoms with Gasteiger partial charge < -0.3 is 19.5 Å². The van der Waals surface area contributed by atoms with Crippen molar-refractivity contribution in [2.45, 2.75) is 20.0 Å². The number of ether oxygens (including phenoxy) is 3. The molecule has 0 aromatic heterocycles. The number of nitrogens with one attached hydrogen (secondary N) is 1. The van der Waals surface area contributed by atoms with E-state index in [-0.39, 0.29) is 6.10 Å². The molecule has 0 heterocycles. The quantitative estimate of drug-likeness (QED) is 0.532. The molecule has 0 aromatic rings. The smallest absolute Gasteiger partial charge is 0.0933 e. The van der Waals surface area contributed by atoms with Gasteiger partial charge in [0.1, 0.15) is 0 Å². The minimum atomic E-state index is 0.125. The molecular weight excluding hydrogens is 182 g/mol. The molecule has 4 heteroatoms. The van der Waals surface area contributed by atoms with E-state index in [9.17, 15) is 0 Å². The second-order valence-corrected chi connectivity index (χ2v) is 2.95. The third-order valence-electron chi connectivity index (χ3n) is 1.76. The summed E-state index contributed by atoms with van der Waals surface area (Å²) >= 11 is 0. The fraction of sp³-hybridized carbons (Fsp3) is 1.00. The highest BCUT2D eigenvalue weighted by atomic mass is 16.5. The first kappa shape index (κ1) is 13.8. The van der Waals surface area contributed by atoms with Crippen LogP contribution in [0.1, 0.15) is 13.8 Å². The Morgan fingerprint density at radius 1 is 1.21 bits per heavy atom. The maximum Gasteiger partial charge on any atom is 0.0933 e. The summed E-state index contributed by atoms with van der Waals surface area (Å²) in [6.45, 7) is 8.49. The zero-order chi connectivity index (χ0) is 10.6. The SMILES string of the molecule is CCNCC(COC)OCCOCC. The van der Waals surface area contributed by atoms with Crippen LogP contribution < -0.4 is 5.32 Å². The molecule has 4 nitrogen and oxygen atoms in total. The van der Waals surface area contributed by atoms with Gasteiger partial charge in [-0.1, -0.05) is 6.92 Å². The van der Waals surface area contributed by atoms with E-state index in [4.69, 9.17) is 14.2 Å². The number of likely N-dealkylation sites (N-methyl/N-ethyl adjacent to an activating group) is 1. The van der Waals surface area contributed by atoms with Gasteiger partial charge >= 0.3 is 0 Å². The lowest BCUT2D eigenvalue weighted by Crippen LogP contribution is -2.33. The molecule has 1 N–H and O–H groups in total. The Hall–Kier alpha value is -0.160. The predicted octanol–water partition coefficient (Wildman–Crippen LogP) is 0.664. The third-order valence-corrected chi connectivity index (χ3v) is 1.76. The van der Waals surface area contributed by atoms with E-state index in [1.54, 1.807) is 7.11 Å². The predicted molar refractivity (Wildman–Crippen MR) is 56.7 cm³/mol. The number of hydrogen-bond acceptors (Lipinski definition) is 4. The van der Waals surface area contributed by atoms with Crippen LogP contribution in [0.25, 0.3) is 0 Å². The van der Waals surface area contributed by atoms with E-state index in [1.807, 2.05) is 6.92 Å². The van der Waals surface area contributed by atoms with Gasteiger partial charge in [-0.2, -0.15) is 0 Å². The molecule has 0 spiro atoms. The van der Waals surface area contributed by atoms with Gasteiger partial charge in [-0.25, -0.2) is 0 Å². The second kappa shape index (κ2) is 10.9. The van der Waals surface area contributed by atoms with E-state index >= 15 is 0 Å². The molecule has 0 radical (unpaired) electrons. The standard InChI is InChI=1S/C10H23NO3/c1-4-11-8-10(9-12-3)14-7-6-13-5-2/h10-11H,4-9H2,1-3H3. The molecule has 0 aliphatic heterocycles. The van der Waals surface area contributed by atoms with Crippen LogP contribution in [0.2, 0.25) is 0 Å². The number of methoxy groups -OCH3 is 1. The highest BCUT2D eigenvalue weighted by molar-refractivity contribution is 4.59. The van der Waals surface area contributed by atoms with Crippen molar-refractivity contribution in [3.8, 4) is 0 Å². The molecule has 1 unspecified atom stereocenters. The molecule has 14 heavy (non-hydrogen) atoms. The third kappa shape index (κ3) is 8.44. The van der Waals surface area contributed by atoms with Crippen LogP contribution >= 0.6 is 0 Å². The average molecular weight is 205 g/mol. The molecular formula is C10H23NO3. The van der Waals surface area contributed by atoms with Crippen molar-refractivity contribution < 1.29 is 14.2 Å². The summed E-state index contributed by atoms with van der Waals surface area (Å²) in [4.78, 5) is 0. The van der Waals surface area contributed by atoms with E-state index < -0.39 is 0 Å². The monoisotopic (exact) mass is 205 g/mol. The molecule has 0 saturated heterocycles. The summed E-state index contributed by atoms with van der Waals surface area (Å²) in [5, 5.41) is 3.23. The van der Waals surface area contributed by atoms with E-state index in [0.717, 1.165) is 19.7 Å². The lowest BCUT2D eigenvalue weighted by molar-refractivity contribution is -0.0256. The lowest BCUT2D eigenvalue weighted by atomic mass is 10.3. The van der Waals surface area contributed by atoms with Gasteiger partial charge in [-0.3, -0.25) is 0 Å². The van der Waals surface area contributed by atoms with Crippen molar-refractivity contribution >= 4 is 0 Å². The first-order valence-corrected chi connectivity index (χ1v) is 5.24. The molecule has 0 amide bonds. The van der Waals surface area contributed by atoms with Gasteiger partial charge in [-0.05, 0) is 13.5 Å². The zero-order valence-corrected chi connectivity index (χ0v) is 9.54. The maximum atomic E-state index is 5.57. The zero-order valence-electron chi connectivity index (χ0n) is 9.54. The Labute approximate surface area is 86.9 Å². The minimum Gasteiger partial charge on any atom is -0.382 e. The Kier molecular flexibility index (Phi) is 10.8. The second-order valence-electron chi connectivity index (χ2n) is 2.95. The first-order valence-electron chi connectivity index (χ1n) is 5.24. The van der Waals surface area contributed by atoms with Crippen LogP contribution in [-0.2, 0) is 14.2 Å². The van der Waals surface area contributed by atoms with Crippen molar-refractivity contribution in [3.63, 3.8) is 0 Å². The van der Waals surface area contributed by atoms with Crippen molar-refractivity contribution in [2.75, 3.05) is 46.6 Å². The molecule has 0 bridgehead atoms. The van der Waals surface area contributed by atoms with Crippen molar-refractivity contribution in [1.82, 2.24) is 5.32 Å². The Morgan fingerprint density at radius 3 is 2.57 bits per heavy atom. The highest BCUT2D eigenvalue weighted by Gasteiger charge is 2.07. The highest BCUT2D eigenvalue weighted by Crippen LogP contribution is 1.92. The molecule has 1 atom stereocenters. The summed E-state index contributed by atoms with van der Waals surface area (Å²) in [5.74, 6) is 0. The maximum absolute atomic E-state index is 5.57.